The molecule has 0 aromatic heterocycles. The zero-order chi connectivity index (χ0) is 9.00. The van der Waals surface area contributed by atoms with Gasteiger partial charge in [-0.05, 0) is 18.3 Å². The fourth-order valence-corrected chi connectivity index (χ4v) is 3.71. The van der Waals surface area contributed by atoms with Crippen molar-refractivity contribution in [3.63, 3.8) is 0 Å². The monoisotopic (exact) mass is 191 g/mol. The summed E-state index contributed by atoms with van der Waals surface area (Å²) < 4.78 is 0. The second-order valence-corrected chi connectivity index (χ2v) is 4.78. The second-order valence-electron chi connectivity index (χ2n) is 4.21. The molecule has 0 N–H and O–H groups in total. The summed E-state index contributed by atoms with van der Waals surface area (Å²) in [6, 6.07) is 2.29. The maximum Gasteiger partial charge on any atom is 0.0947 e. The lowest BCUT2D eigenvalue weighted by molar-refractivity contribution is 0.394. The number of nitrogens with zero attached hydrogens (tertiary/aromatic N) is 1. The van der Waals surface area contributed by atoms with E-state index in [-0.39, 0.29) is 5.38 Å². The predicted molar refractivity (Wildman–Crippen MR) is 51.1 cm³/mol. The van der Waals surface area contributed by atoms with E-state index in [1.165, 1.54) is 0 Å². The van der Waals surface area contributed by atoms with Crippen LogP contribution in [0.2, 0.25) is 0 Å². The molecule has 3 aliphatic carbocycles. The molecule has 1 fully saturated rings. The average Bonchev–Trinajstić information content (AvgIpc) is 2.70. The molecule has 0 bridgehead atoms. The highest BCUT2D eigenvalue weighted by molar-refractivity contribution is 6.21. The summed E-state index contributed by atoms with van der Waals surface area (Å²) in [4.78, 5) is 0. The lowest BCUT2D eigenvalue weighted by atomic mass is 9.88. The molecule has 2 heteroatoms. The summed E-state index contributed by atoms with van der Waals surface area (Å²) in [7, 11) is 0. The van der Waals surface area contributed by atoms with Crippen molar-refractivity contribution in [2.24, 2.45) is 23.7 Å². The Kier molecular flexibility index (Phi) is 1.41. The molecule has 3 rings (SSSR count). The van der Waals surface area contributed by atoms with Gasteiger partial charge in [0.2, 0.25) is 0 Å². The van der Waals surface area contributed by atoms with E-state index in [0.29, 0.717) is 23.7 Å². The van der Waals surface area contributed by atoms with E-state index in [4.69, 9.17) is 16.9 Å². The number of hydrogen-bond acceptors (Lipinski definition) is 1. The molecule has 0 radical (unpaired) electrons. The number of hydrogen-bond donors (Lipinski definition) is 0. The lowest BCUT2D eigenvalue weighted by Crippen LogP contribution is -2.15. The molecule has 0 heterocycles. The van der Waals surface area contributed by atoms with E-state index in [9.17, 15) is 0 Å². The zero-order valence-corrected chi connectivity index (χ0v) is 7.91. The first kappa shape index (κ1) is 7.64. The first-order valence-corrected chi connectivity index (χ1v) is 5.19. The van der Waals surface area contributed by atoms with Crippen molar-refractivity contribution < 1.29 is 0 Å². The third-order valence-electron chi connectivity index (χ3n) is 3.68. The Morgan fingerprint density at radius 3 is 3.08 bits per heavy atom. The van der Waals surface area contributed by atoms with Crippen LogP contribution in [0.3, 0.4) is 0 Å². The van der Waals surface area contributed by atoms with Crippen LogP contribution in [0.5, 0.6) is 0 Å². The maximum absolute atomic E-state index is 8.96. The molecule has 1 saturated carbocycles. The van der Waals surface area contributed by atoms with Crippen molar-refractivity contribution in [2.45, 2.75) is 11.8 Å². The number of alkyl halides is 1. The van der Waals surface area contributed by atoms with E-state index in [1.54, 1.807) is 0 Å². The fraction of sp³-hybridized carbons (Fsp3) is 0.545. The van der Waals surface area contributed by atoms with Gasteiger partial charge in [-0.1, -0.05) is 18.2 Å². The van der Waals surface area contributed by atoms with E-state index < -0.39 is 0 Å². The molecule has 0 aliphatic heterocycles. The second kappa shape index (κ2) is 2.39. The van der Waals surface area contributed by atoms with Crippen molar-refractivity contribution in [3.8, 4) is 6.07 Å². The Morgan fingerprint density at radius 2 is 2.31 bits per heavy atom. The van der Waals surface area contributed by atoms with Crippen LogP contribution < -0.4 is 0 Å². The van der Waals surface area contributed by atoms with Gasteiger partial charge < -0.3 is 0 Å². The highest BCUT2D eigenvalue weighted by Gasteiger charge is 2.51. The molecule has 0 saturated heterocycles. The van der Waals surface area contributed by atoms with Crippen LogP contribution in [0.15, 0.2) is 23.8 Å². The summed E-state index contributed by atoms with van der Waals surface area (Å²) in [6.07, 6.45) is 7.70. The third kappa shape index (κ3) is 0.823. The molecular weight excluding hydrogens is 182 g/mol. The van der Waals surface area contributed by atoms with Gasteiger partial charge in [0.05, 0.1) is 6.07 Å². The van der Waals surface area contributed by atoms with Crippen LogP contribution in [0.1, 0.15) is 6.42 Å². The number of allylic oxidation sites excluding steroid dienone is 4. The van der Waals surface area contributed by atoms with Gasteiger partial charge >= 0.3 is 0 Å². The van der Waals surface area contributed by atoms with E-state index in [1.807, 2.05) is 0 Å². The minimum absolute atomic E-state index is 0.191. The lowest BCUT2D eigenvalue weighted by Gasteiger charge is -2.16. The minimum Gasteiger partial charge on any atom is -0.193 e. The molecule has 0 aromatic rings. The van der Waals surface area contributed by atoms with Crippen LogP contribution in [-0.2, 0) is 0 Å². The highest BCUT2D eigenvalue weighted by Crippen LogP contribution is 2.56. The van der Waals surface area contributed by atoms with Crippen LogP contribution in [-0.4, -0.2) is 5.38 Å². The predicted octanol–water partition coefficient (Wildman–Crippen LogP) is 2.50. The Hall–Kier alpha value is -0.740. The molecule has 0 aromatic carbocycles. The summed E-state index contributed by atoms with van der Waals surface area (Å²) in [5.74, 6) is 2.11. The molecular formula is C11H10ClN. The Balaban J connectivity index is 2.07. The van der Waals surface area contributed by atoms with Gasteiger partial charge in [0, 0.05) is 22.8 Å². The van der Waals surface area contributed by atoms with Gasteiger partial charge in [0.15, 0.2) is 0 Å². The van der Waals surface area contributed by atoms with Crippen molar-refractivity contribution in [2.75, 3.05) is 0 Å². The normalized spacial score (nSPS) is 50.5. The van der Waals surface area contributed by atoms with Gasteiger partial charge in [-0.3, -0.25) is 0 Å². The Labute approximate surface area is 82.7 Å². The molecule has 3 aliphatic rings. The van der Waals surface area contributed by atoms with Crippen LogP contribution in [0.25, 0.3) is 0 Å². The average molecular weight is 192 g/mol. The van der Waals surface area contributed by atoms with Crippen LogP contribution >= 0.6 is 11.6 Å². The van der Waals surface area contributed by atoms with Gasteiger partial charge in [0.1, 0.15) is 0 Å². The smallest absolute Gasteiger partial charge is 0.0947 e. The van der Waals surface area contributed by atoms with E-state index in [2.05, 4.69) is 24.3 Å². The summed E-state index contributed by atoms with van der Waals surface area (Å²) in [5, 5.41) is 9.15. The summed E-state index contributed by atoms with van der Waals surface area (Å²) in [5.41, 5.74) is 0.932. The molecule has 66 valence electrons. The molecule has 5 atom stereocenters. The standard InChI is InChI=1S/C11H10ClN/c12-9-4-7-2-1-6-3-8(5-13)11(9)10(6)7/h1-3,6-7,9-11H,4H2/t6-,7-,9+,10+,11-/m1/s1. The largest absolute Gasteiger partial charge is 0.193 e. The maximum atomic E-state index is 8.96. The third-order valence-corrected chi connectivity index (χ3v) is 4.13. The van der Waals surface area contributed by atoms with Crippen LogP contribution in [0.4, 0.5) is 0 Å². The minimum atomic E-state index is 0.191. The van der Waals surface area contributed by atoms with E-state index in [0.717, 1.165) is 12.0 Å². The van der Waals surface area contributed by atoms with Crippen molar-refractivity contribution in [1.82, 2.24) is 0 Å². The summed E-state index contributed by atoms with van der Waals surface area (Å²) in [6.45, 7) is 0. The number of nitriles is 1. The SMILES string of the molecule is N#CC1=C[C@H]2C=C[C@@H]3C[C@H](Cl)[C@@H]1[C@@H]23. The molecule has 0 amide bonds. The number of rotatable bonds is 0. The fourth-order valence-electron chi connectivity index (χ4n) is 3.20. The van der Waals surface area contributed by atoms with Gasteiger partial charge in [-0.25, -0.2) is 0 Å². The quantitative estimate of drug-likeness (QED) is 0.426. The van der Waals surface area contributed by atoms with Crippen molar-refractivity contribution in [1.29, 1.82) is 5.26 Å². The van der Waals surface area contributed by atoms with E-state index >= 15 is 0 Å². The first-order valence-electron chi connectivity index (χ1n) is 4.75. The summed E-state index contributed by atoms with van der Waals surface area (Å²) >= 11 is 6.25. The Bertz CT molecular complexity index is 350. The van der Waals surface area contributed by atoms with Crippen molar-refractivity contribution in [3.05, 3.63) is 23.8 Å². The van der Waals surface area contributed by atoms with Crippen molar-refractivity contribution >= 4 is 11.6 Å². The van der Waals surface area contributed by atoms with Gasteiger partial charge in [-0.15, -0.1) is 11.6 Å². The molecule has 1 nitrogen and oxygen atoms in total. The Morgan fingerprint density at radius 1 is 1.46 bits per heavy atom. The molecule has 0 unspecified atom stereocenters. The van der Waals surface area contributed by atoms with Gasteiger partial charge in [-0.2, -0.15) is 5.26 Å². The van der Waals surface area contributed by atoms with Crippen LogP contribution in [0, 0.1) is 35.0 Å². The zero-order valence-electron chi connectivity index (χ0n) is 7.15. The first-order chi connectivity index (χ1) is 6.31. The highest BCUT2D eigenvalue weighted by atomic mass is 35.5. The molecule has 0 spiro atoms. The van der Waals surface area contributed by atoms with Gasteiger partial charge in [0.25, 0.3) is 0 Å². The number of halogens is 1. The molecule has 13 heavy (non-hydrogen) atoms. The topological polar surface area (TPSA) is 23.8 Å².